The predicted molar refractivity (Wildman–Crippen MR) is 64.6 cm³/mol. The first kappa shape index (κ1) is 12.0. The van der Waals surface area contributed by atoms with Crippen LogP contribution in [0.3, 0.4) is 0 Å². The molecular weight excluding hydrogens is 218 g/mol. The van der Waals surface area contributed by atoms with E-state index in [-0.39, 0.29) is 12.0 Å². The Morgan fingerprint density at radius 1 is 1.65 bits per heavy atom. The van der Waals surface area contributed by atoms with Gasteiger partial charge in [0.1, 0.15) is 11.9 Å². The number of anilines is 1. The number of pyridine rings is 1. The molecule has 2 heterocycles. The molecule has 92 valence electrons. The maximum Gasteiger partial charge on any atom is 0.254 e. The van der Waals surface area contributed by atoms with E-state index in [1.165, 1.54) is 0 Å². The van der Waals surface area contributed by atoms with Crippen molar-refractivity contribution in [1.29, 1.82) is 0 Å². The molecule has 0 spiro atoms. The molecule has 1 aliphatic heterocycles. The molecular formula is C12H17N3O2. The first-order valence-electron chi connectivity index (χ1n) is 5.78. The average molecular weight is 235 g/mol. The molecule has 1 amide bonds. The molecule has 1 fully saturated rings. The second-order valence-corrected chi connectivity index (χ2v) is 4.27. The van der Waals surface area contributed by atoms with Gasteiger partial charge in [0, 0.05) is 12.7 Å². The molecule has 2 rings (SSSR count). The van der Waals surface area contributed by atoms with Gasteiger partial charge in [-0.2, -0.15) is 0 Å². The Balaban J connectivity index is 1.93. The molecule has 5 nitrogen and oxygen atoms in total. The van der Waals surface area contributed by atoms with Crippen LogP contribution in [0.25, 0.3) is 0 Å². The molecule has 0 bridgehead atoms. The molecule has 2 atom stereocenters. The van der Waals surface area contributed by atoms with Crippen molar-refractivity contribution in [2.24, 2.45) is 5.73 Å². The van der Waals surface area contributed by atoms with Crippen LogP contribution in [-0.2, 0) is 9.53 Å². The Morgan fingerprint density at radius 3 is 3.12 bits per heavy atom. The summed E-state index contributed by atoms with van der Waals surface area (Å²) < 4.78 is 5.51. The van der Waals surface area contributed by atoms with Gasteiger partial charge in [-0.1, -0.05) is 0 Å². The minimum atomic E-state index is -0.397. The number of hydrogen-bond acceptors (Lipinski definition) is 4. The Bertz CT molecular complexity index is 408. The SMILES string of the molecule is Cc1ccnc(NC(=O)[C@@H]2CC[C@H](CN)O2)c1. The molecule has 0 aromatic carbocycles. The lowest BCUT2D eigenvalue weighted by atomic mass is 10.2. The van der Waals surface area contributed by atoms with Gasteiger partial charge in [0.2, 0.25) is 0 Å². The van der Waals surface area contributed by atoms with E-state index in [2.05, 4.69) is 10.3 Å². The van der Waals surface area contributed by atoms with Crippen LogP contribution in [0.2, 0.25) is 0 Å². The van der Waals surface area contributed by atoms with Crippen molar-refractivity contribution in [1.82, 2.24) is 4.98 Å². The van der Waals surface area contributed by atoms with E-state index < -0.39 is 6.10 Å². The number of ether oxygens (including phenoxy) is 1. The van der Waals surface area contributed by atoms with E-state index in [1.807, 2.05) is 19.1 Å². The van der Waals surface area contributed by atoms with Crippen molar-refractivity contribution >= 4 is 11.7 Å². The summed E-state index contributed by atoms with van der Waals surface area (Å²) in [6.07, 6.45) is 2.85. The third-order valence-electron chi connectivity index (χ3n) is 2.83. The van der Waals surface area contributed by atoms with Crippen LogP contribution in [0, 0.1) is 6.92 Å². The van der Waals surface area contributed by atoms with Crippen LogP contribution in [0.4, 0.5) is 5.82 Å². The quantitative estimate of drug-likeness (QED) is 0.813. The topological polar surface area (TPSA) is 77.2 Å². The first-order valence-corrected chi connectivity index (χ1v) is 5.78. The van der Waals surface area contributed by atoms with E-state index >= 15 is 0 Å². The molecule has 1 aromatic heterocycles. The summed E-state index contributed by atoms with van der Waals surface area (Å²) >= 11 is 0. The Morgan fingerprint density at radius 2 is 2.47 bits per heavy atom. The third kappa shape index (κ3) is 3.01. The molecule has 1 aliphatic rings. The van der Waals surface area contributed by atoms with Crippen LogP contribution in [0.15, 0.2) is 18.3 Å². The summed E-state index contributed by atoms with van der Waals surface area (Å²) in [6, 6.07) is 3.71. The highest BCUT2D eigenvalue weighted by atomic mass is 16.5. The zero-order chi connectivity index (χ0) is 12.3. The molecule has 1 saturated heterocycles. The van der Waals surface area contributed by atoms with Gasteiger partial charge in [0.05, 0.1) is 6.10 Å². The highest BCUT2D eigenvalue weighted by Gasteiger charge is 2.29. The third-order valence-corrected chi connectivity index (χ3v) is 2.83. The van der Waals surface area contributed by atoms with Crippen LogP contribution in [-0.4, -0.2) is 29.6 Å². The van der Waals surface area contributed by atoms with Crippen LogP contribution in [0.5, 0.6) is 0 Å². The van der Waals surface area contributed by atoms with Crippen molar-refractivity contribution in [2.45, 2.75) is 32.0 Å². The van der Waals surface area contributed by atoms with Gasteiger partial charge in [-0.15, -0.1) is 0 Å². The second-order valence-electron chi connectivity index (χ2n) is 4.27. The molecule has 0 radical (unpaired) electrons. The van der Waals surface area contributed by atoms with Gasteiger partial charge < -0.3 is 15.8 Å². The lowest BCUT2D eigenvalue weighted by molar-refractivity contribution is -0.126. The van der Waals surface area contributed by atoms with Crippen LogP contribution < -0.4 is 11.1 Å². The standard InChI is InChI=1S/C12H17N3O2/c1-8-4-5-14-11(6-8)15-12(16)10-3-2-9(7-13)17-10/h4-6,9-10H,2-3,7,13H2,1H3,(H,14,15,16)/t9-,10+/m1/s1. The lowest BCUT2D eigenvalue weighted by Gasteiger charge is -2.12. The summed E-state index contributed by atoms with van der Waals surface area (Å²) in [5.41, 5.74) is 6.56. The number of nitrogens with one attached hydrogen (secondary N) is 1. The molecule has 17 heavy (non-hydrogen) atoms. The Kier molecular flexibility index (Phi) is 3.71. The Hall–Kier alpha value is -1.46. The molecule has 0 aliphatic carbocycles. The van der Waals surface area contributed by atoms with Crippen molar-refractivity contribution in [2.75, 3.05) is 11.9 Å². The number of nitrogens with zero attached hydrogens (tertiary/aromatic N) is 1. The average Bonchev–Trinajstić information content (AvgIpc) is 2.77. The van der Waals surface area contributed by atoms with E-state index in [0.717, 1.165) is 18.4 Å². The van der Waals surface area contributed by atoms with Crippen molar-refractivity contribution in [3.05, 3.63) is 23.9 Å². The monoisotopic (exact) mass is 235 g/mol. The summed E-state index contributed by atoms with van der Waals surface area (Å²) in [5, 5.41) is 2.75. The number of nitrogens with two attached hydrogens (primary N) is 1. The summed E-state index contributed by atoms with van der Waals surface area (Å²) in [5.74, 6) is 0.425. The van der Waals surface area contributed by atoms with E-state index in [9.17, 15) is 4.79 Å². The molecule has 0 saturated carbocycles. The van der Waals surface area contributed by atoms with Gasteiger partial charge in [0.15, 0.2) is 0 Å². The first-order chi connectivity index (χ1) is 8.19. The van der Waals surface area contributed by atoms with Gasteiger partial charge in [-0.05, 0) is 37.5 Å². The minimum absolute atomic E-state index is 0.0104. The van der Waals surface area contributed by atoms with Crippen LogP contribution in [0.1, 0.15) is 18.4 Å². The highest BCUT2D eigenvalue weighted by Crippen LogP contribution is 2.20. The number of aromatic nitrogens is 1. The summed E-state index contributed by atoms with van der Waals surface area (Å²) in [4.78, 5) is 15.9. The number of carbonyl (C=O) groups excluding carboxylic acids is 1. The van der Waals surface area contributed by atoms with Crippen LogP contribution >= 0.6 is 0 Å². The maximum absolute atomic E-state index is 11.9. The number of aryl methyl sites for hydroxylation is 1. The van der Waals surface area contributed by atoms with Crippen molar-refractivity contribution < 1.29 is 9.53 Å². The highest BCUT2D eigenvalue weighted by molar-refractivity contribution is 5.93. The van der Waals surface area contributed by atoms with Crippen molar-refractivity contribution in [3.63, 3.8) is 0 Å². The van der Waals surface area contributed by atoms with Crippen molar-refractivity contribution in [3.8, 4) is 0 Å². The lowest BCUT2D eigenvalue weighted by Crippen LogP contribution is -2.30. The zero-order valence-electron chi connectivity index (χ0n) is 9.85. The smallest absolute Gasteiger partial charge is 0.254 e. The molecule has 5 heteroatoms. The van der Waals surface area contributed by atoms with Gasteiger partial charge in [0.25, 0.3) is 5.91 Å². The summed E-state index contributed by atoms with van der Waals surface area (Å²) in [7, 11) is 0. The number of rotatable bonds is 3. The largest absolute Gasteiger partial charge is 0.364 e. The van der Waals surface area contributed by atoms with E-state index in [4.69, 9.17) is 10.5 Å². The number of amides is 1. The molecule has 0 unspecified atom stereocenters. The number of hydrogen-bond donors (Lipinski definition) is 2. The molecule has 1 aromatic rings. The Labute approximate surface area is 100 Å². The zero-order valence-corrected chi connectivity index (χ0v) is 9.85. The number of carbonyl (C=O) groups is 1. The fourth-order valence-corrected chi connectivity index (χ4v) is 1.88. The minimum Gasteiger partial charge on any atom is -0.364 e. The second kappa shape index (κ2) is 5.25. The fraction of sp³-hybridized carbons (Fsp3) is 0.500. The summed E-state index contributed by atoms with van der Waals surface area (Å²) in [6.45, 7) is 2.42. The van der Waals surface area contributed by atoms with E-state index in [0.29, 0.717) is 12.4 Å². The maximum atomic E-state index is 11.9. The normalized spacial score (nSPS) is 23.6. The van der Waals surface area contributed by atoms with Gasteiger partial charge in [-0.25, -0.2) is 4.98 Å². The van der Waals surface area contributed by atoms with Gasteiger partial charge in [-0.3, -0.25) is 4.79 Å². The fourth-order valence-electron chi connectivity index (χ4n) is 1.88. The molecule has 3 N–H and O–H groups in total. The predicted octanol–water partition coefficient (Wildman–Crippen LogP) is 0.835. The van der Waals surface area contributed by atoms with Gasteiger partial charge >= 0.3 is 0 Å². The van der Waals surface area contributed by atoms with E-state index in [1.54, 1.807) is 6.20 Å².